The van der Waals surface area contributed by atoms with Gasteiger partial charge in [0.15, 0.2) is 0 Å². The predicted octanol–water partition coefficient (Wildman–Crippen LogP) is 1.66. The highest BCUT2D eigenvalue weighted by Crippen LogP contribution is 2.22. The third kappa shape index (κ3) is 3.62. The topological polar surface area (TPSA) is 91.7 Å². The molecule has 124 valence electrons. The van der Waals surface area contributed by atoms with Crippen LogP contribution in [-0.2, 0) is 20.9 Å². The maximum atomic E-state index is 11.8. The maximum Gasteiger partial charge on any atom is 0.313 e. The average molecular weight is 327 g/mol. The van der Waals surface area contributed by atoms with Crippen molar-refractivity contribution in [2.75, 3.05) is 16.8 Å². The smallest absolute Gasteiger partial charge is 0.313 e. The van der Waals surface area contributed by atoms with Gasteiger partial charge in [-0.25, -0.2) is 0 Å². The number of amides is 3. The summed E-state index contributed by atoms with van der Waals surface area (Å²) >= 11 is 0. The summed E-state index contributed by atoms with van der Waals surface area (Å²) in [4.78, 5) is 37.0. The molecular weight excluding hydrogens is 310 g/mol. The molecule has 0 aliphatic carbocycles. The predicted molar refractivity (Wildman–Crippen MR) is 87.2 cm³/mol. The zero-order valence-corrected chi connectivity index (χ0v) is 13.0. The number of anilines is 2. The summed E-state index contributed by atoms with van der Waals surface area (Å²) < 4.78 is 5.07. The Morgan fingerprint density at radius 2 is 1.92 bits per heavy atom. The van der Waals surface area contributed by atoms with E-state index in [0.717, 1.165) is 12.1 Å². The van der Waals surface area contributed by atoms with Gasteiger partial charge in [0.05, 0.1) is 12.8 Å². The van der Waals surface area contributed by atoms with Crippen molar-refractivity contribution in [3.63, 3.8) is 0 Å². The minimum Gasteiger partial charge on any atom is -0.467 e. The first-order chi connectivity index (χ1) is 11.6. The summed E-state index contributed by atoms with van der Waals surface area (Å²) in [6, 6.07) is 10.2. The van der Waals surface area contributed by atoms with Crippen LogP contribution in [0.2, 0.25) is 0 Å². The highest BCUT2D eigenvalue weighted by molar-refractivity contribution is 6.39. The fourth-order valence-electron chi connectivity index (χ4n) is 2.49. The molecule has 24 heavy (non-hydrogen) atoms. The second-order valence-corrected chi connectivity index (χ2v) is 5.41. The normalized spacial score (nSPS) is 13.8. The standard InChI is InChI=1S/C17H17N3O4/c21-15-4-1-9-20(15)13-7-5-12(6-8-13)19-17(23)16(22)18-11-14-3-2-10-24-14/h2-3,5-8,10H,1,4,9,11H2,(H,18,22)(H,19,23). The van der Waals surface area contributed by atoms with Gasteiger partial charge in [0, 0.05) is 24.3 Å². The SMILES string of the molecule is O=C(NCc1ccco1)C(=O)Nc1ccc(N2CCCC2=O)cc1. The lowest BCUT2D eigenvalue weighted by molar-refractivity contribution is -0.136. The van der Waals surface area contributed by atoms with Crippen LogP contribution in [0.25, 0.3) is 0 Å². The van der Waals surface area contributed by atoms with E-state index in [1.807, 2.05) is 0 Å². The minimum atomic E-state index is -0.758. The Hall–Kier alpha value is -3.09. The number of carbonyl (C=O) groups excluding carboxylic acids is 3. The van der Waals surface area contributed by atoms with Crippen molar-refractivity contribution in [3.8, 4) is 0 Å². The fourth-order valence-corrected chi connectivity index (χ4v) is 2.49. The molecule has 2 aromatic rings. The summed E-state index contributed by atoms with van der Waals surface area (Å²) in [6.45, 7) is 0.856. The lowest BCUT2D eigenvalue weighted by Gasteiger charge is -2.16. The van der Waals surface area contributed by atoms with Crippen LogP contribution in [0.15, 0.2) is 47.1 Å². The molecule has 2 heterocycles. The molecule has 1 fully saturated rings. The summed E-state index contributed by atoms with van der Waals surface area (Å²) in [7, 11) is 0. The van der Waals surface area contributed by atoms with Crippen molar-refractivity contribution in [1.29, 1.82) is 0 Å². The van der Waals surface area contributed by atoms with Gasteiger partial charge in [-0.1, -0.05) is 0 Å². The van der Waals surface area contributed by atoms with Gasteiger partial charge in [0.2, 0.25) is 5.91 Å². The molecule has 0 unspecified atom stereocenters. The number of carbonyl (C=O) groups is 3. The number of nitrogens with one attached hydrogen (secondary N) is 2. The van der Waals surface area contributed by atoms with Gasteiger partial charge < -0.3 is 20.0 Å². The number of hydrogen-bond donors (Lipinski definition) is 2. The number of nitrogens with zero attached hydrogens (tertiary/aromatic N) is 1. The van der Waals surface area contributed by atoms with E-state index in [1.165, 1.54) is 6.26 Å². The Labute approximate surface area is 138 Å². The largest absolute Gasteiger partial charge is 0.467 e. The van der Waals surface area contributed by atoms with Crippen molar-refractivity contribution < 1.29 is 18.8 Å². The third-order valence-electron chi connectivity index (χ3n) is 3.72. The van der Waals surface area contributed by atoms with Gasteiger partial charge >= 0.3 is 11.8 Å². The molecule has 2 N–H and O–H groups in total. The van der Waals surface area contributed by atoms with Crippen molar-refractivity contribution in [2.24, 2.45) is 0 Å². The molecular formula is C17H17N3O4. The molecule has 0 radical (unpaired) electrons. The quantitative estimate of drug-likeness (QED) is 0.836. The summed E-state index contributed by atoms with van der Waals surface area (Å²) in [5.74, 6) is -0.836. The molecule has 0 spiro atoms. The Bertz CT molecular complexity index is 738. The number of rotatable bonds is 4. The lowest BCUT2D eigenvalue weighted by atomic mass is 10.2. The van der Waals surface area contributed by atoms with Crippen molar-refractivity contribution in [2.45, 2.75) is 19.4 Å². The van der Waals surface area contributed by atoms with E-state index >= 15 is 0 Å². The highest BCUT2D eigenvalue weighted by Gasteiger charge is 2.21. The first-order valence-corrected chi connectivity index (χ1v) is 7.65. The van der Waals surface area contributed by atoms with E-state index in [0.29, 0.717) is 24.4 Å². The van der Waals surface area contributed by atoms with Gasteiger partial charge in [0.1, 0.15) is 5.76 Å². The molecule has 3 amide bonds. The molecule has 3 rings (SSSR count). The van der Waals surface area contributed by atoms with E-state index in [1.54, 1.807) is 41.3 Å². The van der Waals surface area contributed by atoms with E-state index in [4.69, 9.17) is 4.42 Å². The van der Waals surface area contributed by atoms with Crippen LogP contribution in [0.5, 0.6) is 0 Å². The Morgan fingerprint density at radius 3 is 2.54 bits per heavy atom. The third-order valence-corrected chi connectivity index (χ3v) is 3.72. The molecule has 1 saturated heterocycles. The second-order valence-electron chi connectivity index (χ2n) is 5.41. The maximum absolute atomic E-state index is 11.8. The van der Waals surface area contributed by atoms with Gasteiger partial charge in [-0.3, -0.25) is 14.4 Å². The van der Waals surface area contributed by atoms with Crippen molar-refractivity contribution in [1.82, 2.24) is 5.32 Å². The summed E-state index contributed by atoms with van der Waals surface area (Å²) in [5, 5.41) is 4.99. The van der Waals surface area contributed by atoms with Gasteiger partial charge in [-0.05, 0) is 42.8 Å². The molecule has 7 nitrogen and oxygen atoms in total. The van der Waals surface area contributed by atoms with Crippen LogP contribution >= 0.6 is 0 Å². The van der Waals surface area contributed by atoms with Crippen LogP contribution in [0, 0.1) is 0 Å². The van der Waals surface area contributed by atoms with E-state index in [9.17, 15) is 14.4 Å². The van der Waals surface area contributed by atoms with Gasteiger partial charge in [-0.15, -0.1) is 0 Å². The number of hydrogen-bond acceptors (Lipinski definition) is 4. The Balaban J connectivity index is 1.54. The van der Waals surface area contributed by atoms with Crippen LogP contribution in [0.3, 0.4) is 0 Å². The lowest BCUT2D eigenvalue weighted by Crippen LogP contribution is -2.34. The van der Waals surface area contributed by atoms with E-state index in [2.05, 4.69) is 10.6 Å². The second kappa shape index (κ2) is 6.99. The molecule has 7 heteroatoms. The molecule has 0 saturated carbocycles. The molecule has 0 bridgehead atoms. The van der Waals surface area contributed by atoms with Crippen LogP contribution in [0.4, 0.5) is 11.4 Å². The Kier molecular flexibility index (Phi) is 4.60. The minimum absolute atomic E-state index is 0.101. The van der Waals surface area contributed by atoms with Crippen LogP contribution < -0.4 is 15.5 Å². The fraction of sp³-hybridized carbons (Fsp3) is 0.235. The Morgan fingerprint density at radius 1 is 1.12 bits per heavy atom. The van der Waals surface area contributed by atoms with Crippen molar-refractivity contribution in [3.05, 3.63) is 48.4 Å². The van der Waals surface area contributed by atoms with Crippen LogP contribution in [0.1, 0.15) is 18.6 Å². The first kappa shape index (κ1) is 15.8. The van der Waals surface area contributed by atoms with Crippen molar-refractivity contribution >= 4 is 29.1 Å². The zero-order valence-electron chi connectivity index (χ0n) is 13.0. The summed E-state index contributed by atoms with van der Waals surface area (Å²) in [5.41, 5.74) is 1.28. The highest BCUT2D eigenvalue weighted by atomic mass is 16.3. The number of benzene rings is 1. The average Bonchev–Trinajstić information content (AvgIpc) is 3.25. The van der Waals surface area contributed by atoms with E-state index < -0.39 is 11.8 Å². The molecule has 1 aliphatic heterocycles. The molecule has 0 atom stereocenters. The molecule has 1 aliphatic rings. The zero-order chi connectivity index (χ0) is 16.9. The van der Waals surface area contributed by atoms with Gasteiger partial charge in [-0.2, -0.15) is 0 Å². The first-order valence-electron chi connectivity index (χ1n) is 7.65. The molecule has 1 aromatic heterocycles. The van der Waals surface area contributed by atoms with Gasteiger partial charge in [0.25, 0.3) is 0 Å². The van der Waals surface area contributed by atoms with E-state index in [-0.39, 0.29) is 12.5 Å². The van der Waals surface area contributed by atoms with Crippen LogP contribution in [-0.4, -0.2) is 24.3 Å². The number of furan rings is 1. The summed E-state index contributed by atoms with van der Waals surface area (Å²) in [6.07, 6.45) is 2.91. The molecule has 1 aromatic carbocycles. The monoisotopic (exact) mass is 327 g/mol.